The molecule has 14 heavy (non-hydrogen) atoms. The standard InChI is InChI=1S/C11H25NOS/c1-6-11(7-2,14-5)9-12-8-10(3)13-4/h10,12H,6-9H2,1-5H3. The van der Waals surface area contributed by atoms with Gasteiger partial charge >= 0.3 is 0 Å². The van der Waals surface area contributed by atoms with Crippen molar-refractivity contribution < 1.29 is 4.74 Å². The fourth-order valence-electron chi connectivity index (χ4n) is 1.45. The van der Waals surface area contributed by atoms with Gasteiger partial charge in [-0.1, -0.05) is 13.8 Å². The zero-order valence-corrected chi connectivity index (χ0v) is 11.0. The van der Waals surface area contributed by atoms with E-state index in [0.717, 1.165) is 13.1 Å². The molecule has 0 bridgehead atoms. The topological polar surface area (TPSA) is 21.3 Å². The second-order valence-electron chi connectivity index (χ2n) is 3.77. The summed E-state index contributed by atoms with van der Waals surface area (Å²) in [6.07, 6.45) is 4.95. The highest BCUT2D eigenvalue weighted by Crippen LogP contribution is 2.29. The molecule has 0 aliphatic carbocycles. The number of rotatable bonds is 8. The van der Waals surface area contributed by atoms with Crippen molar-refractivity contribution in [3.8, 4) is 0 Å². The number of ether oxygens (including phenoxy) is 1. The third-order valence-electron chi connectivity index (χ3n) is 3.00. The van der Waals surface area contributed by atoms with Gasteiger partial charge in [-0.15, -0.1) is 0 Å². The minimum absolute atomic E-state index is 0.309. The van der Waals surface area contributed by atoms with E-state index in [1.54, 1.807) is 7.11 Å². The average Bonchev–Trinajstić information content (AvgIpc) is 2.25. The molecule has 0 saturated carbocycles. The van der Waals surface area contributed by atoms with Crippen LogP contribution >= 0.6 is 11.8 Å². The average molecular weight is 219 g/mol. The summed E-state index contributed by atoms with van der Waals surface area (Å²) in [7, 11) is 1.76. The zero-order valence-electron chi connectivity index (χ0n) is 10.2. The van der Waals surface area contributed by atoms with Crippen molar-refractivity contribution in [2.75, 3.05) is 26.5 Å². The van der Waals surface area contributed by atoms with Gasteiger partial charge in [0.15, 0.2) is 0 Å². The van der Waals surface area contributed by atoms with Crippen LogP contribution in [0, 0.1) is 0 Å². The third-order valence-corrected chi connectivity index (χ3v) is 4.59. The van der Waals surface area contributed by atoms with Gasteiger partial charge in [0.25, 0.3) is 0 Å². The Morgan fingerprint density at radius 2 is 1.93 bits per heavy atom. The Hall–Kier alpha value is 0.270. The summed E-state index contributed by atoms with van der Waals surface area (Å²) >= 11 is 1.97. The molecule has 0 aliphatic rings. The lowest BCUT2D eigenvalue weighted by atomic mass is 10.0. The normalized spacial score (nSPS) is 14.4. The predicted octanol–water partition coefficient (Wildman–Crippen LogP) is 2.53. The zero-order chi connectivity index (χ0) is 11.0. The van der Waals surface area contributed by atoms with E-state index in [9.17, 15) is 0 Å². The first-order valence-electron chi connectivity index (χ1n) is 5.42. The fraction of sp³-hybridized carbons (Fsp3) is 1.00. The largest absolute Gasteiger partial charge is 0.380 e. The minimum atomic E-state index is 0.309. The summed E-state index contributed by atoms with van der Waals surface area (Å²) in [4.78, 5) is 0. The van der Waals surface area contributed by atoms with E-state index in [1.165, 1.54) is 12.8 Å². The molecule has 0 saturated heterocycles. The van der Waals surface area contributed by atoms with Crippen LogP contribution in [0.4, 0.5) is 0 Å². The Labute approximate surface area is 93.2 Å². The smallest absolute Gasteiger partial charge is 0.0667 e. The molecule has 0 aromatic heterocycles. The molecule has 0 amide bonds. The van der Waals surface area contributed by atoms with Crippen molar-refractivity contribution in [1.29, 1.82) is 0 Å². The Morgan fingerprint density at radius 1 is 1.36 bits per heavy atom. The van der Waals surface area contributed by atoms with E-state index >= 15 is 0 Å². The van der Waals surface area contributed by atoms with Gasteiger partial charge in [0.2, 0.25) is 0 Å². The molecule has 0 spiro atoms. The second-order valence-corrected chi connectivity index (χ2v) is 5.05. The number of thioether (sulfide) groups is 1. The maximum Gasteiger partial charge on any atom is 0.0667 e. The van der Waals surface area contributed by atoms with Crippen molar-refractivity contribution in [2.45, 2.75) is 44.5 Å². The van der Waals surface area contributed by atoms with Crippen LogP contribution in [0.2, 0.25) is 0 Å². The van der Waals surface area contributed by atoms with E-state index < -0.39 is 0 Å². The Morgan fingerprint density at radius 3 is 2.29 bits per heavy atom. The van der Waals surface area contributed by atoms with Crippen LogP contribution in [0.25, 0.3) is 0 Å². The summed E-state index contributed by atoms with van der Waals surface area (Å²) in [5, 5.41) is 3.48. The van der Waals surface area contributed by atoms with Crippen LogP contribution in [0.15, 0.2) is 0 Å². The minimum Gasteiger partial charge on any atom is -0.380 e. The highest BCUT2D eigenvalue weighted by Gasteiger charge is 2.24. The van der Waals surface area contributed by atoms with Gasteiger partial charge in [0.05, 0.1) is 6.10 Å². The molecular formula is C11H25NOS. The van der Waals surface area contributed by atoms with Crippen LogP contribution in [0.5, 0.6) is 0 Å². The van der Waals surface area contributed by atoms with Crippen molar-refractivity contribution >= 4 is 11.8 Å². The first-order chi connectivity index (χ1) is 6.64. The van der Waals surface area contributed by atoms with Gasteiger partial charge in [-0.05, 0) is 26.0 Å². The highest BCUT2D eigenvalue weighted by molar-refractivity contribution is 8.00. The van der Waals surface area contributed by atoms with Gasteiger partial charge in [-0.3, -0.25) is 0 Å². The van der Waals surface area contributed by atoms with Crippen LogP contribution in [-0.2, 0) is 4.74 Å². The Balaban J connectivity index is 3.82. The molecule has 1 atom stereocenters. The summed E-state index contributed by atoms with van der Waals surface area (Å²) in [5.41, 5.74) is 0. The van der Waals surface area contributed by atoms with Gasteiger partial charge in [-0.2, -0.15) is 11.8 Å². The first-order valence-corrected chi connectivity index (χ1v) is 6.65. The van der Waals surface area contributed by atoms with E-state index in [-0.39, 0.29) is 0 Å². The third kappa shape index (κ3) is 4.67. The molecule has 0 aromatic rings. The Kier molecular flexibility index (Phi) is 7.69. The van der Waals surface area contributed by atoms with E-state index in [4.69, 9.17) is 4.74 Å². The molecular weight excluding hydrogens is 194 g/mol. The van der Waals surface area contributed by atoms with Crippen molar-refractivity contribution in [1.82, 2.24) is 5.32 Å². The van der Waals surface area contributed by atoms with Gasteiger partial charge < -0.3 is 10.1 Å². The lowest BCUT2D eigenvalue weighted by Crippen LogP contribution is -2.39. The summed E-state index contributed by atoms with van der Waals surface area (Å²) in [6, 6.07) is 0. The molecule has 0 heterocycles. The first kappa shape index (κ1) is 14.3. The molecule has 0 rings (SSSR count). The van der Waals surface area contributed by atoms with Crippen LogP contribution < -0.4 is 5.32 Å². The molecule has 0 fully saturated rings. The summed E-state index contributed by atoms with van der Waals surface area (Å²) in [6.45, 7) is 8.64. The molecule has 0 aliphatic heterocycles. The van der Waals surface area contributed by atoms with Gasteiger partial charge in [0.1, 0.15) is 0 Å². The molecule has 86 valence electrons. The molecule has 0 radical (unpaired) electrons. The van der Waals surface area contributed by atoms with Crippen LogP contribution in [0.3, 0.4) is 0 Å². The molecule has 0 aromatic carbocycles. The van der Waals surface area contributed by atoms with Crippen molar-refractivity contribution in [3.63, 3.8) is 0 Å². The van der Waals surface area contributed by atoms with Crippen LogP contribution in [-0.4, -0.2) is 37.3 Å². The maximum atomic E-state index is 5.20. The van der Waals surface area contributed by atoms with Gasteiger partial charge in [-0.25, -0.2) is 0 Å². The van der Waals surface area contributed by atoms with E-state index in [0.29, 0.717) is 10.9 Å². The highest BCUT2D eigenvalue weighted by atomic mass is 32.2. The van der Waals surface area contributed by atoms with Crippen LogP contribution in [0.1, 0.15) is 33.6 Å². The lowest BCUT2D eigenvalue weighted by Gasteiger charge is -2.30. The summed E-state index contributed by atoms with van der Waals surface area (Å²) < 4.78 is 5.61. The van der Waals surface area contributed by atoms with Gasteiger partial charge in [0, 0.05) is 24.9 Å². The van der Waals surface area contributed by atoms with E-state index in [1.807, 2.05) is 11.8 Å². The number of methoxy groups -OCH3 is 1. The van der Waals surface area contributed by atoms with E-state index in [2.05, 4.69) is 32.3 Å². The molecule has 1 N–H and O–H groups in total. The number of hydrogen-bond acceptors (Lipinski definition) is 3. The maximum absolute atomic E-state index is 5.20. The Bertz CT molecular complexity index is 129. The second kappa shape index (κ2) is 7.55. The van der Waals surface area contributed by atoms with Crippen molar-refractivity contribution in [2.24, 2.45) is 0 Å². The molecule has 1 unspecified atom stereocenters. The number of hydrogen-bond donors (Lipinski definition) is 1. The predicted molar refractivity (Wildman–Crippen MR) is 66.2 cm³/mol. The molecule has 3 heteroatoms. The fourth-order valence-corrected chi connectivity index (χ4v) is 2.27. The molecule has 2 nitrogen and oxygen atoms in total. The SMILES string of the molecule is CCC(CC)(CNCC(C)OC)SC. The monoisotopic (exact) mass is 219 g/mol. The van der Waals surface area contributed by atoms with Crippen molar-refractivity contribution in [3.05, 3.63) is 0 Å². The number of nitrogens with one attached hydrogen (secondary N) is 1. The lowest BCUT2D eigenvalue weighted by molar-refractivity contribution is 0.116. The quantitative estimate of drug-likeness (QED) is 0.678. The summed E-state index contributed by atoms with van der Waals surface area (Å²) in [5.74, 6) is 0.